The SMILES string of the molecule is O=C(OC[C@@H](COc1ccc(Cl)cc1)OC(=O)C1CCOCC1)C1CCOCC1. The Morgan fingerprint density at radius 1 is 0.897 bits per heavy atom. The van der Waals surface area contributed by atoms with Crippen molar-refractivity contribution in [3.63, 3.8) is 0 Å². The Kier molecular flexibility index (Phi) is 8.58. The van der Waals surface area contributed by atoms with E-state index in [4.69, 9.17) is 35.3 Å². The van der Waals surface area contributed by atoms with Crippen LogP contribution in [-0.2, 0) is 28.5 Å². The maximum Gasteiger partial charge on any atom is 0.309 e. The van der Waals surface area contributed by atoms with E-state index in [9.17, 15) is 9.59 Å². The smallest absolute Gasteiger partial charge is 0.309 e. The summed E-state index contributed by atoms with van der Waals surface area (Å²) in [5.74, 6) is -0.370. The lowest BCUT2D eigenvalue weighted by molar-refractivity contribution is -0.169. The quantitative estimate of drug-likeness (QED) is 0.591. The van der Waals surface area contributed by atoms with Crippen LogP contribution in [-0.4, -0.2) is 57.7 Å². The highest BCUT2D eigenvalue weighted by Gasteiger charge is 2.28. The van der Waals surface area contributed by atoms with E-state index in [1.165, 1.54) is 0 Å². The molecule has 0 amide bonds. The van der Waals surface area contributed by atoms with Gasteiger partial charge in [0.1, 0.15) is 19.0 Å². The van der Waals surface area contributed by atoms with Gasteiger partial charge < -0.3 is 23.7 Å². The molecular formula is C21H27ClO7. The van der Waals surface area contributed by atoms with E-state index >= 15 is 0 Å². The van der Waals surface area contributed by atoms with Gasteiger partial charge in [0.15, 0.2) is 6.10 Å². The maximum absolute atomic E-state index is 12.5. The number of carbonyl (C=O) groups excluding carboxylic acids is 2. The van der Waals surface area contributed by atoms with Gasteiger partial charge in [-0.25, -0.2) is 0 Å². The minimum atomic E-state index is -0.690. The van der Waals surface area contributed by atoms with E-state index in [1.54, 1.807) is 24.3 Å². The molecule has 1 aromatic rings. The number of hydrogen-bond donors (Lipinski definition) is 0. The molecule has 0 aromatic heterocycles. The van der Waals surface area contributed by atoms with Crippen molar-refractivity contribution in [1.82, 2.24) is 0 Å². The van der Waals surface area contributed by atoms with Gasteiger partial charge >= 0.3 is 11.9 Å². The van der Waals surface area contributed by atoms with Gasteiger partial charge in [-0.2, -0.15) is 0 Å². The van der Waals surface area contributed by atoms with Gasteiger partial charge in [0.05, 0.1) is 11.8 Å². The second-order valence-electron chi connectivity index (χ2n) is 7.23. The molecule has 2 aliphatic rings. The minimum absolute atomic E-state index is 0.0429. The Balaban J connectivity index is 1.54. The molecule has 29 heavy (non-hydrogen) atoms. The number of rotatable bonds is 8. The molecule has 160 valence electrons. The largest absolute Gasteiger partial charge is 0.490 e. The summed E-state index contributed by atoms with van der Waals surface area (Å²) in [6, 6.07) is 6.89. The lowest BCUT2D eigenvalue weighted by atomic mass is 10.0. The fourth-order valence-corrected chi connectivity index (χ4v) is 3.38. The summed E-state index contributed by atoms with van der Waals surface area (Å²) >= 11 is 5.89. The summed E-state index contributed by atoms with van der Waals surface area (Å²) in [5.41, 5.74) is 0. The molecule has 7 nitrogen and oxygen atoms in total. The van der Waals surface area contributed by atoms with E-state index in [2.05, 4.69) is 0 Å². The number of hydrogen-bond acceptors (Lipinski definition) is 7. The normalized spacial score (nSPS) is 19.3. The molecule has 0 aliphatic carbocycles. The zero-order valence-corrected chi connectivity index (χ0v) is 17.1. The van der Waals surface area contributed by atoms with Crippen LogP contribution in [0.4, 0.5) is 0 Å². The van der Waals surface area contributed by atoms with Crippen LogP contribution in [0.3, 0.4) is 0 Å². The van der Waals surface area contributed by atoms with E-state index in [-0.39, 0.29) is 37.0 Å². The van der Waals surface area contributed by atoms with Crippen molar-refractivity contribution >= 4 is 23.5 Å². The number of halogens is 1. The molecule has 0 radical (unpaired) electrons. The molecular weight excluding hydrogens is 400 g/mol. The van der Waals surface area contributed by atoms with Crippen LogP contribution in [0, 0.1) is 11.8 Å². The number of benzene rings is 1. The third-order valence-corrected chi connectivity index (χ3v) is 5.31. The zero-order valence-electron chi connectivity index (χ0n) is 16.3. The molecule has 0 saturated carbocycles. The molecule has 2 heterocycles. The van der Waals surface area contributed by atoms with Crippen molar-refractivity contribution in [2.75, 3.05) is 39.6 Å². The zero-order chi connectivity index (χ0) is 20.5. The third kappa shape index (κ3) is 7.17. The van der Waals surface area contributed by atoms with Crippen molar-refractivity contribution < 1.29 is 33.3 Å². The Morgan fingerprint density at radius 3 is 2.03 bits per heavy atom. The fraction of sp³-hybridized carbons (Fsp3) is 0.619. The number of ether oxygens (including phenoxy) is 5. The summed E-state index contributed by atoms with van der Waals surface area (Å²) in [4.78, 5) is 24.8. The standard InChI is InChI=1S/C21H27ClO7/c22-17-1-3-18(4-2-17)27-13-19(29-21(24)16-7-11-26-12-8-16)14-28-20(23)15-5-9-25-10-6-15/h1-4,15-16,19H,5-14H2/t19-/m1/s1. The van der Waals surface area contributed by atoms with Gasteiger partial charge in [-0.05, 0) is 49.9 Å². The van der Waals surface area contributed by atoms with Crippen LogP contribution >= 0.6 is 11.6 Å². The van der Waals surface area contributed by atoms with Crippen LogP contribution in [0.15, 0.2) is 24.3 Å². The van der Waals surface area contributed by atoms with Gasteiger partial charge in [0, 0.05) is 31.5 Å². The van der Waals surface area contributed by atoms with Crippen molar-refractivity contribution in [1.29, 1.82) is 0 Å². The number of carbonyl (C=O) groups is 2. The van der Waals surface area contributed by atoms with E-state index in [0.29, 0.717) is 62.9 Å². The first-order valence-corrected chi connectivity index (χ1v) is 10.4. The van der Waals surface area contributed by atoms with E-state index in [0.717, 1.165) is 0 Å². The molecule has 0 bridgehead atoms. The molecule has 0 N–H and O–H groups in total. The highest BCUT2D eigenvalue weighted by atomic mass is 35.5. The highest BCUT2D eigenvalue weighted by Crippen LogP contribution is 2.20. The summed E-state index contributed by atoms with van der Waals surface area (Å²) in [7, 11) is 0. The van der Waals surface area contributed by atoms with Crippen molar-refractivity contribution in [2.45, 2.75) is 31.8 Å². The van der Waals surface area contributed by atoms with Crippen molar-refractivity contribution in [2.24, 2.45) is 11.8 Å². The summed E-state index contributed by atoms with van der Waals surface area (Å²) in [6.45, 7) is 2.24. The first-order valence-electron chi connectivity index (χ1n) is 10.0. The molecule has 2 aliphatic heterocycles. The monoisotopic (exact) mass is 426 g/mol. The van der Waals surface area contributed by atoms with E-state index in [1.807, 2.05) is 0 Å². The minimum Gasteiger partial charge on any atom is -0.490 e. The molecule has 1 atom stereocenters. The second kappa shape index (κ2) is 11.4. The van der Waals surface area contributed by atoms with Gasteiger partial charge in [-0.15, -0.1) is 0 Å². The molecule has 8 heteroatoms. The van der Waals surface area contributed by atoms with Gasteiger partial charge in [-0.3, -0.25) is 9.59 Å². The van der Waals surface area contributed by atoms with E-state index < -0.39 is 6.10 Å². The predicted octanol–water partition coefficient (Wildman–Crippen LogP) is 3.03. The van der Waals surface area contributed by atoms with Crippen LogP contribution in [0.2, 0.25) is 5.02 Å². The lowest BCUT2D eigenvalue weighted by Crippen LogP contribution is -2.36. The average Bonchev–Trinajstić information content (AvgIpc) is 2.77. The molecule has 2 saturated heterocycles. The lowest BCUT2D eigenvalue weighted by Gasteiger charge is -2.25. The van der Waals surface area contributed by atoms with Crippen LogP contribution in [0.25, 0.3) is 0 Å². The third-order valence-electron chi connectivity index (χ3n) is 5.05. The van der Waals surface area contributed by atoms with Gasteiger partial charge in [0.25, 0.3) is 0 Å². The van der Waals surface area contributed by atoms with Crippen LogP contribution < -0.4 is 4.74 Å². The molecule has 1 aromatic carbocycles. The van der Waals surface area contributed by atoms with Crippen LogP contribution in [0.5, 0.6) is 5.75 Å². The van der Waals surface area contributed by atoms with Gasteiger partial charge in [-0.1, -0.05) is 11.6 Å². The Bertz CT molecular complexity index is 651. The predicted molar refractivity (Wildman–Crippen MR) is 105 cm³/mol. The average molecular weight is 427 g/mol. The number of esters is 2. The summed E-state index contributed by atoms with van der Waals surface area (Å²) in [6.07, 6.45) is 1.86. The Morgan fingerprint density at radius 2 is 1.45 bits per heavy atom. The van der Waals surface area contributed by atoms with Gasteiger partial charge in [0.2, 0.25) is 0 Å². The molecule has 2 fully saturated rings. The summed E-state index contributed by atoms with van der Waals surface area (Å²) < 4.78 is 27.4. The Labute approximate surface area is 175 Å². The molecule has 0 unspecified atom stereocenters. The molecule has 0 spiro atoms. The Hall–Kier alpha value is -1.83. The van der Waals surface area contributed by atoms with Crippen molar-refractivity contribution in [3.05, 3.63) is 29.3 Å². The first-order chi connectivity index (χ1) is 14.1. The van der Waals surface area contributed by atoms with Crippen molar-refractivity contribution in [3.8, 4) is 5.75 Å². The fourth-order valence-electron chi connectivity index (χ4n) is 3.26. The maximum atomic E-state index is 12.5. The second-order valence-corrected chi connectivity index (χ2v) is 7.66. The summed E-state index contributed by atoms with van der Waals surface area (Å²) in [5, 5.41) is 0.602. The first kappa shape index (κ1) is 21.9. The molecule has 3 rings (SSSR count). The topological polar surface area (TPSA) is 80.3 Å². The highest BCUT2D eigenvalue weighted by molar-refractivity contribution is 6.30. The van der Waals surface area contributed by atoms with Crippen LogP contribution in [0.1, 0.15) is 25.7 Å².